The zero-order chi connectivity index (χ0) is 19.0. The number of carbonyl (C=O) groups excluding carboxylic acids is 1. The first-order chi connectivity index (χ1) is 12.9. The highest BCUT2D eigenvalue weighted by Crippen LogP contribution is 2.30. The van der Waals surface area contributed by atoms with Crippen LogP contribution in [0.4, 0.5) is 10.1 Å². The van der Waals surface area contributed by atoms with E-state index in [9.17, 15) is 17.6 Å². The minimum atomic E-state index is -3.64. The molecule has 0 radical (unpaired) electrons. The van der Waals surface area contributed by atoms with Crippen LogP contribution in [0.1, 0.15) is 18.4 Å². The van der Waals surface area contributed by atoms with E-state index in [1.165, 1.54) is 24.3 Å². The lowest BCUT2D eigenvalue weighted by Crippen LogP contribution is -2.41. The predicted octanol–water partition coefficient (Wildman–Crippen LogP) is 2.63. The molecule has 0 bridgehead atoms. The minimum absolute atomic E-state index is 0.109. The Morgan fingerprint density at radius 1 is 1.07 bits per heavy atom. The van der Waals surface area contributed by atoms with Crippen LogP contribution in [-0.4, -0.2) is 38.2 Å². The fraction of sp³-hybridized carbons (Fsp3) is 0.263. The maximum absolute atomic E-state index is 13.0. The number of hydrogen-bond acceptors (Lipinski definition) is 4. The van der Waals surface area contributed by atoms with Gasteiger partial charge in [-0.15, -0.1) is 4.40 Å². The van der Waals surface area contributed by atoms with Gasteiger partial charge in [-0.05, 0) is 49.2 Å². The third kappa shape index (κ3) is 3.44. The van der Waals surface area contributed by atoms with Crippen molar-refractivity contribution in [2.75, 3.05) is 18.4 Å². The van der Waals surface area contributed by atoms with Gasteiger partial charge in [-0.3, -0.25) is 4.79 Å². The largest absolute Gasteiger partial charge is 0.355 e. The third-order valence-corrected chi connectivity index (χ3v) is 6.21. The van der Waals surface area contributed by atoms with E-state index in [0.29, 0.717) is 43.0 Å². The van der Waals surface area contributed by atoms with Gasteiger partial charge in [0.15, 0.2) is 5.84 Å². The number of amidine groups is 1. The fourth-order valence-corrected chi connectivity index (χ4v) is 4.68. The van der Waals surface area contributed by atoms with Crippen molar-refractivity contribution >= 4 is 27.5 Å². The van der Waals surface area contributed by atoms with Crippen molar-refractivity contribution in [2.24, 2.45) is 10.3 Å². The molecular formula is C19H18FN3O3S. The molecule has 0 aromatic heterocycles. The summed E-state index contributed by atoms with van der Waals surface area (Å²) in [6.07, 6.45) is 1.18. The zero-order valence-corrected chi connectivity index (χ0v) is 15.2. The van der Waals surface area contributed by atoms with Gasteiger partial charge in [-0.1, -0.05) is 12.1 Å². The van der Waals surface area contributed by atoms with Crippen LogP contribution in [0.2, 0.25) is 0 Å². The number of fused-ring (bicyclic) bond motifs is 1. The van der Waals surface area contributed by atoms with Gasteiger partial charge in [-0.25, -0.2) is 4.39 Å². The normalized spacial score (nSPS) is 18.7. The lowest BCUT2D eigenvalue weighted by molar-refractivity contribution is -0.120. The quantitative estimate of drug-likeness (QED) is 0.859. The van der Waals surface area contributed by atoms with E-state index in [1.54, 1.807) is 24.3 Å². The van der Waals surface area contributed by atoms with Gasteiger partial charge < -0.3 is 10.2 Å². The second-order valence-corrected chi connectivity index (χ2v) is 8.22. The Hall–Kier alpha value is -2.74. The molecule has 2 aliphatic heterocycles. The molecule has 2 aliphatic rings. The smallest absolute Gasteiger partial charge is 0.285 e. The van der Waals surface area contributed by atoms with Crippen molar-refractivity contribution in [3.05, 3.63) is 59.9 Å². The maximum Gasteiger partial charge on any atom is 0.285 e. The molecule has 6 nitrogen and oxygen atoms in total. The van der Waals surface area contributed by atoms with Crippen molar-refractivity contribution < 1.29 is 17.6 Å². The van der Waals surface area contributed by atoms with E-state index in [0.717, 1.165) is 0 Å². The van der Waals surface area contributed by atoms with Gasteiger partial charge >= 0.3 is 0 Å². The number of hydrogen-bond donors (Lipinski definition) is 1. The average molecular weight is 387 g/mol. The lowest BCUT2D eigenvalue weighted by Gasteiger charge is -2.32. The summed E-state index contributed by atoms with van der Waals surface area (Å²) >= 11 is 0. The van der Waals surface area contributed by atoms with Crippen LogP contribution < -0.4 is 5.32 Å². The van der Waals surface area contributed by atoms with E-state index in [-0.39, 0.29) is 22.5 Å². The van der Waals surface area contributed by atoms with Crippen molar-refractivity contribution in [3.8, 4) is 0 Å². The summed E-state index contributed by atoms with van der Waals surface area (Å²) in [5.74, 6) is -0.181. The number of sulfonamides is 1. The summed E-state index contributed by atoms with van der Waals surface area (Å²) in [5.41, 5.74) is 1.18. The highest BCUT2D eigenvalue weighted by Gasteiger charge is 2.34. The molecule has 1 fully saturated rings. The summed E-state index contributed by atoms with van der Waals surface area (Å²) in [4.78, 5) is 14.6. The summed E-state index contributed by atoms with van der Waals surface area (Å²) in [6, 6.07) is 12.4. The minimum Gasteiger partial charge on any atom is -0.355 e. The molecule has 27 heavy (non-hydrogen) atoms. The van der Waals surface area contributed by atoms with E-state index < -0.39 is 10.0 Å². The molecule has 4 rings (SSSR count). The SMILES string of the molecule is O=C(Nc1ccc(F)cc1)C1CCN(C2=NS(=O)(=O)c3ccccc32)CC1. The number of benzene rings is 2. The van der Waals surface area contributed by atoms with Gasteiger partial charge in [0.1, 0.15) is 10.7 Å². The molecule has 0 aliphatic carbocycles. The Balaban J connectivity index is 1.42. The molecule has 1 N–H and O–H groups in total. The van der Waals surface area contributed by atoms with Gasteiger partial charge in [-0.2, -0.15) is 8.42 Å². The highest BCUT2D eigenvalue weighted by atomic mass is 32.2. The zero-order valence-electron chi connectivity index (χ0n) is 14.4. The number of amides is 1. The molecule has 1 saturated heterocycles. The average Bonchev–Trinajstić information content (AvgIpc) is 2.95. The van der Waals surface area contributed by atoms with Crippen LogP contribution in [0.3, 0.4) is 0 Å². The van der Waals surface area contributed by atoms with Crippen LogP contribution in [-0.2, 0) is 14.8 Å². The number of likely N-dealkylation sites (tertiary alicyclic amines) is 1. The number of anilines is 1. The van der Waals surface area contributed by atoms with E-state index in [4.69, 9.17) is 0 Å². The molecule has 0 atom stereocenters. The number of nitrogens with one attached hydrogen (secondary N) is 1. The molecule has 1 amide bonds. The summed E-state index contributed by atoms with van der Waals surface area (Å²) in [6.45, 7) is 1.09. The Morgan fingerprint density at radius 2 is 1.74 bits per heavy atom. The van der Waals surface area contributed by atoms with Crippen LogP contribution in [0.5, 0.6) is 0 Å². The van der Waals surface area contributed by atoms with E-state index >= 15 is 0 Å². The van der Waals surface area contributed by atoms with Crippen LogP contribution in [0.15, 0.2) is 57.8 Å². The Bertz CT molecular complexity index is 1010. The molecule has 8 heteroatoms. The monoisotopic (exact) mass is 387 g/mol. The number of carbonyl (C=O) groups is 1. The topological polar surface area (TPSA) is 78.8 Å². The van der Waals surface area contributed by atoms with Crippen molar-refractivity contribution in [1.82, 2.24) is 4.90 Å². The summed E-state index contributed by atoms with van der Waals surface area (Å²) in [7, 11) is -3.64. The van der Waals surface area contributed by atoms with Crippen molar-refractivity contribution in [1.29, 1.82) is 0 Å². The Labute approximate surface area is 156 Å². The maximum atomic E-state index is 13.0. The summed E-state index contributed by atoms with van der Waals surface area (Å²) in [5, 5.41) is 2.80. The first-order valence-corrected chi connectivity index (χ1v) is 10.1. The number of piperidine rings is 1. The van der Waals surface area contributed by atoms with E-state index in [2.05, 4.69) is 9.71 Å². The van der Waals surface area contributed by atoms with Crippen molar-refractivity contribution in [2.45, 2.75) is 17.7 Å². The lowest BCUT2D eigenvalue weighted by atomic mass is 9.95. The second kappa shape index (κ2) is 6.77. The van der Waals surface area contributed by atoms with Gasteiger partial charge in [0.05, 0.1) is 0 Å². The highest BCUT2D eigenvalue weighted by molar-refractivity contribution is 7.90. The second-order valence-electron chi connectivity index (χ2n) is 6.64. The van der Waals surface area contributed by atoms with Crippen LogP contribution >= 0.6 is 0 Å². The third-order valence-electron chi connectivity index (χ3n) is 4.89. The van der Waals surface area contributed by atoms with Gasteiger partial charge in [0, 0.05) is 30.3 Å². The molecular weight excluding hydrogens is 369 g/mol. The molecule has 0 saturated carbocycles. The fourth-order valence-electron chi connectivity index (χ4n) is 3.45. The number of rotatable bonds is 2. The van der Waals surface area contributed by atoms with Crippen LogP contribution in [0.25, 0.3) is 0 Å². The Kier molecular flexibility index (Phi) is 4.43. The van der Waals surface area contributed by atoms with Crippen molar-refractivity contribution in [3.63, 3.8) is 0 Å². The molecule has 0 unspecified atom stereocenters. The molecule has 2 aromatic carbocycles. The molecule has 2 heterocycles. The molecule has 2 aromatic rings. The predicted molar refractivity (Wildman–Crippen MR) is 99.5 cm³/mol. The molecule has 140 valence electrons. The van der Waals surface area contributed by atoms with Gasteiger partial charge in [0.2, 0.25) is 5.91 Å². The standard InChI is InChI=1S/C19H18FN3O3S/c20-14-5-7-15(8-6-14)21-19(24)13-9-11-23(12-10-13)18-16-3-1-2-4-17(16)27(25,26)22-18/h1-8,13H,9-12H2,(H,21,24). The first kappa shape index (κ1) is 17.7. The van der Waals surface area contributed by atoms with Crippen LogP contribution in [0, 0.1) is 11.7 Å². The summed E-state index contributed by atoms with van der Waals surface area (Å²) < 4.78 is 41.3. The van der Waals surface area contributed by atoms with E-state index in [1.807, 2.05) is 4.90 Å². The number of nitrogens with zero attached hydrogens (tertiary/aromatic N) is 2. The number of halogens is 1. The Morgan fingerprint density at radius 3 is 2.44 bits per heavy atom. The molecule has 0 spiro atoms. The first-order valence-electron chi connectivity index (χ1n) is 8.70. The van der Waals surface area contributed by atoms with Gasteiger partial charge in [0.25, 0.3) is 10.0 Å².